The van der Waals surface area contributed by atoms with Gasteiger partial charge >= 0.3 is 0 Å². The fourth-order valence-electron chi connectivity index (χ4n) is 3.49. The van der Waals surface area contributed by atoms with Gasteiger partial charge in [-0.25, -0.2) is 4.39 Å². The predicted molar refractivity (Wildman–Crippen MR) is 106 cm³/mol. The Labute approximate surface area is 161 Å². The number of para-hydroxylation sites is 2. The fourth-order valence-corrected chi connectivity index (χ4v) is 3.49. The smallest absolute Gasteiger partial charge is 0.257 e. The first-order valence-corrected chi connectivity index (χ1v) is 9.09. The van der Waals surface area contributed by atoms with Gasteiger partial charge in [0.2, 0.25) is 5.91 Å². The zero-order valence-electron chi connectivity index (χ0n) is 15.4. The monoisotopic (exact) mass is 381 g/mol. The molecule has 2 aromatic carbocycles. The van der Waals surface area contributed by atoms with Crippen LogP contribution in [0, 0.1) is 5.82 Å². The van der Waals surface area contributed by atoms with E-state index in [4.69, 9.17) is 4.74 Å². The summed E-state index contributed by atoms with van der Waals surface area (Å²) in [5.74, 6) is -1.10. The van der Waals surface area contributed by atoms with Crippen molar-refractivity contribution in [3.63, 3.8) is 0 Å². The molecule has 0 atom stereocenters. The zero-order chi connectivity index (χ0) is 19.7. The number of hydrogen-bond acceptors (Lipinski definition) is 4. The molecule has 6 nitrogen and oxygen atoms in total. The molecule has 1 aromatic heterocycles. The van der Waals surface area contributed by atoms with Gasteiger partial charge in [0.15, 0.2) is 0 Å². The van der Waals surface area contributed by atoms with Gasteiger partial charge in [0.25, 0.3) is 5.91 Å². The number of fused-ring (bicyclic) bond motifs is 1. The summed E-state index contributed by atoms with van der Waals surface area (Å²) < 4.78 is 20.3. The molecule has 7 heteroatoms. The van der Waals surface area contributed by atoms with Crippen molar-refractivity contribution < 1.29 is 18.7 Å². The molecule has 144 valence electrons. The number of morpholine rings is 1. The number of halogens is 1. The van der Waals surface area contributed by atoms with Gasteiger partial charge in [0, 0.05) is 31.6 Å². The van der Waals surface area contributed by atoms with Crippen LogP contribution >= 0.6 is 0 Å². The Hall–Kier alpha value is -3.19. The third kappa shape index (κ3) is 3.36. The van der Waals surface area contributed by atoms with E-state index in [1.54, 1.807) is 0 Å². The quantitative estimate of drug-likeness (QED) is 0.754. The molecule has 0 radical (unpaired) electrons. The van der Waals surface area contributed by atoms with E-state index in [0.717, 1.165) is 18.8 Å². The largest absolute Gasteiger partial charge is 0.378 e. The molecule has 1 aliphatic rings. The van der Waals surface area contributed by atoms with Crippen molar-refractivity contribution in [3.8, 4) is 0 Å². The molecule has 0 aliphatic carbocycles. The van der Waals surface area contributed by atoms with Crippen LogP contribution in [0.4, 0.5) is 15.8 Å². The first kappa shape index (κ1) is 18.2. The Bertz CT molecular complexity index is 1050. The molecule has 1 aliphatic heterocycles. The van der Waals surface area contributed by atoms with E-state index in [0.29, 0.717) is 35.4 Å². The van der Waals surface area contributed by atoms with Gasteiger partial charge in [-0.1, -0.05) is 12.1 Å². The molecular formula is C21H20FN3O3. The molecule has 0 unspecified atom stereocenters. The van der Waals surface area contributed by atoms with Crippen molar-refractivity contribution in [3.05, 3.63) is 60.0 Å². The number of carbonyl (C=O) groups is 2. The Morgan fingerprint density at radius 2 is 1.86 bits per heavy atom. The number of aromatic nitrogens is 1. The van der Waals surface area contributed by atoms with Crippen LogP contribution in [0.3, 0.4) is 0 Å². The SMILES string of the molecule is CC(=O)n1cc(C(=O)Nc2ccccc2N2CCOCC2)c2ccc(F)cc21. The molecule has 3 aromatic rings. The molecule has 1 amide bonds. The first-order chi connectivity index (χ1) is 13.5. The van der Waals surface area contributed by atoms with Crippen molar-refractivity contribution in [1.29, 1.82) is 0 Å². The second-order valence-electron chi connectivity index (χ2n) is 6.66. The summed E-state index contributed by atoms with van der Waals surface area (Å²) in [6.07, 6.45) is 1.46. The van der Waals surface area contributed by atoms with E-state index >= 15 is 0 Å². The van der Waals surface area contributed by atoms with Gasteiger partial charge in [-0.3, -0.25) is 14.2 Å². The van der Waals surface area contributed by atoms with Crippen LogP contribution in [-0.2, 0) is 4.74 Å². The Morgan fingerprint density at radius 1 is 1.11 bits per heavy atom. The van der Waals surface area contributed by atoms with Gasteiger partial charge in [-0.05, 0) is 30.3 Å². The number of nitrogens with zero attached hydrogens (tertiary/aromatic N) is 2. The van der Waals surface area contributed by atoms with E-state index in [-0.39, 0.29) is 11.8 Å². The third-order valence-electron chi connectivity index (χ3n) is 4.86. The number of benzene rings is 2. The summed E-state index contributed by atoms with van der Waals surface area (Å²) in [4.78, 5) is 27.1. The second kappa shape index (κ2) is 7.44. The fraction of sp³-hybridized carbons (Fsp3) is 0.238. The minimum atomic E-state index is -0.460. The highest BCUT2D eigenvalue weighted by Gasteiger charge is 2.20. The molecule has 0 saturated carbocycles. The minimum absolute atomic E-state index is 0.289. The number of amides is 1. The predicted octanol–water partition coefficient (Wildman–Crippen LogP) is 3.53. The van der Waals surface area contributed by atoms with Crippen molar-refractivity contribution >= 4 is 34.1 Å². The summed E-state index contributed by atoms with van der Waals surface area (Å²) in [5.41, 5.74) is 2.29. The number of carbonyl (C=O) groups excluding carboxylic acids is 2. The standard InChI is InChI=1S/C21H20FN3O3/c1-14(26)25-13-17(16-7-6-15(22)12-20(16)25)21(27)23-18-4-2-3-5-19(18)24-8-10-28-11-9-24/h2-7,12-13H,8-11H2,1H3,(H,23,27). The van der Waals surface area contributed by atoms with Crippen molar-refractivity contribution in [2.24, 2.45) is 0 Å². The minimum Gasteiger partial charge on any atom is -0.378 e. The molecule has 1 N–H and O–H groups in total. The maximum Gasteiger partial charge on any atom is 0.257 e. The van der Waals surface area contributed by atoms with E-state index < -0.39 is 5.82 Å². The van der Waals surface area contributed by atoms with E-state index in [1.165, 1.54) is 35.9 Å². The summed E-state index contributed by atoms with van der Waals surface area (Å²) >= 11 is 0. The summed E-state index contributed by atoms with van der Waals surface area (Å²) in [7, 11) is 0. The molecular weight excluding hydrogens is 361 g/mol. The van der Waals surface area contributed by atoms with Crippen LogP contribution in [0.5, 0.6) is 0 Å². The Balaban J connectivity index is 1.69. The molecule has 28 heavy (non-hydrogen) atoms. The summed E-state index contributed by atoms with van der Waals surface area (Å²) in [5, 5.41) is 3.47. The summed E-state index contributed by atoms with van der Waals surface area (Å²) in [6.45, 7) is 4.14. The van der Waals surface area contributed by atoms with Crippen LogP contribution in [0.15, 0.2) is 48.7 Å². The molecule has 4 rings (SSSR count). The second-order valence-corrected chi connectivity index (χ2v) is 6.66. The molecule has 0 bridgehead atoms. The van der Waals surface area contributed by atoms with Gasteiger partial charge in [-0.2, -0.15) is 0 Å². The first-order valence-electron chi connectivity index (χ1n) is 9.09. The lowest BCUT2D eigenvalue weighted by Gasteiger charge is -2.30. The van der Waals surface area contributed by atoms with E-state index in [2.05, 4.69) is 10.2 Å². The summed E-state index contributed by atoms with van der Waals surface area (Å²) in [6, 6.07) is 11.6. The highest BCUT2D eigenvalue weighted by Crippen LogP contribution is 2.28. The number of hydrogen-bond donors (Lipinski definition) is 1. The number of ether oxygens (including phenoxy) is 1. The maximum absolute atomic E-state index is 13.7. The van der Waals surface area contributed by atoms with Crippen LogP contribution in [-0.4, -0.2) is 42.7 Å². The van der Waals surface area contributed by atoms with E-state index in [1.807, 2.05) is 24.3 Å². The zero-order valence-corrected chi connectivity index (χ0v) is 15.4. The van der Waals surface area contributed by atoms with Crippen LogP contribution in [0.2, 0.25) is 0 Å². The molecule has 1 fully saturated rings. The number of rotatable bonds is 3. The number of anilines is 2. The van der Waals surface area contributed by atoms with Gasteiger partial charge < -0.3 is 15.0 Å². The van der Waals surface area contributed by atoms with Crippen LogP contribution < -0.4 is 10.2 Å². The highest BCUT2D eigenvalue weighted by molar-refractivity contribution is 6.15. The van der Waals surface area contributed by atoms with E-state index in [9.17, 15) is 14.0 Å². The van der Waals surface area contributed by atoms with Gasteiger partial charge in [0.1, 0.15) is 5.82 Å². The number of nitrogens with one attached hydrogen (secondary N) is 1. The molecule has 2 heterocycles. The van der Waals surface area contributed by atoms with Crippen LogP contribution in [0.1, 0.15) is 22.1 Å². The maximum atomic E-state index is 13.7. The highest BCUT2D eigenvalue weighted by atomic mass is 19.1. The van der Waals surface area contributed by atoms with Crippen molar-refractivity contribution in [2.75, 3.05) is 36.5 Å². The lowest BCUT2D eigenvalue weighted by atomic mass is 10.1. The normalized spacial score (nSPS) is 14.3. The van der Waals surface area contributed by atoms with Gasteiger partial charge in [0.05, 0.1) is 35.7 Å². The topological polar surface area (TPSA) is 63.6 Å². The van der Waals surface area contributed by atoms with Crippen molar-refractivity contribution in [1.82, 2.24) is 4.57 Å². The van der Waals surface area contributed by atoms with Crippen LogP contribution in [0.25, 0.3) is 10.9 Å². The molecule has 0 spiro atoms. The average Bonchev–Trinajstić information content (AvgIpc) is 3.08. The third-order valence-corrected chi connectivity index (χ3v) is 4.86. The Morgan fingerprint density at radius 3 is 2.61 bits per heavy atom. The average molecular weight is 381 g/mol. The lowest BCUT2D eigenvalue weighted by Crippen LogP contribution is -2.36. The Kier molecular flexibility index (Phi) is 4.83. The van der Waals surface area contributed by atoms with Gasteiger partial charge in [-0.15, -0.1) is 0 Å². The van der Waals surface area contributed by atoms with Crippen molar-refractivity contribution in [2.45, 2.75) is 6.92 Å². The molecule has 1 saturated heterocycles. The lowest BCUT2D eigenvalue weighted by molar-refractivity contribution is 0.0941.